The van der Waals surface area contributed by atoms with E-state index in [1.54, 1.807) is 18.5 Å². The van der Waals surface area contributed by atoms with Gasteiger partial charge in [0.05, 0.1) is 11.7 Å². The van der Waals surface area contributed by atoms with Gasteiger partial charge in [-0.05, 0) is 18.1 Å². The van der Waals surface area contributed by atoms with Gasteiger partial charge in [0.1, 0.15) is 12.0 Å². The highest BCUT2D eigenvalue weighted by molar-refractivity contribution is 7.98. The summed E-state index contributed by atoms with van der Waals surface area (Å²) in [5.41, 5.74) is 0.451. The van der Waals surface area contributed by atoms with Crippen molar-refractivity contribution < 1.29 is 13.9 Å². The average Bonchev–Trinajstić information content (AvgIpc) is 2.70. The number of carbonyl (C=O) groups excluding carboxylic acids is 1. The Kier molecular flexibility index (Phi) is 6.38. The molecule has 0 aliphatic carbocycles. The maximum atomic E-state index is 12.5. The van der Waals surface area contributed by atoms with Crippen LogP contribution in [-0.4, -0.2) is 15.9 Å². The fourth-order valence-corrected chi connectivity index (χ4v) is 3.18. The SMILES string of the molecule is CC[C@H](C(=O)Oc1coc(CSc2ncccn2)cc1=O)c1ccccc1. The monoisotopic (exact) mass is 382 g/mol. The molecule has 0 radical (unpaired) electrons. The molecule has 0 saturated heterocycles. The van der Waals surface area contributed by atoms with Crippen molar-refractivity contribution in [1.29, 1.82) is 0 Å². The van der Waals surface area contributed by atoms with Gasteiger partial charge in [-0.3, -0.25) is 9.59 Å². The van der Waals surface area contributed by atoms with Gasteiger partial charge in [-0.1, -0.05) is 49.0 Å². The lowest BCUT2D eigenvalue weighted by molar-refractivity contribution is -0.136. The molecule has 0 N–H and O–H groups in total. The predicted octanol–water partition coefficient (Wildman–Crippen LogP) is 3.82. The van der Waals surface area contributed by atoms with Gasteiger partial charge >= 0.3 is 5.97 Å². The lowest BCUT2D eigenvalue weighted by atomic mass is 9.97. The van der Waals surface area contributed by atoms with E-state index in [1.807, 2.05) is 37.3 Å². The number of carbonyl (C=O) groups is 1. The molecule has 3 aromatic rings. The van der Waals surface area contributed by atoms with E-state index in [1.165, 1.54) is 24.1 Å². The van der Waals surface area contributed by atoms with Crippen LogP contribution in [0.2, 0.25) is 0 Å². The number of hydrogen-bond acceptors (Lipinski definition) is 7. The Labute approximate surface area is 160 Å². The molecule has 1 atom stereocenters. The molecular weight excluding hydrogens is 364 g/mol. The van der Waals surface area contributed by atoms with E-state index >= 15 is 0 Å². The molecule has 27 heavy (non-hydrogen) atoms. The van der Waals surface area contributed by atoms with E-state index in [4.69, 9.17) is 9.15 Å². The summed E-state index contributed by atoms with van der Waals surface area (Å²) in [6.07, 6.45) is 5.04. The summed E-state index contributed by atoms with van der Waals surface area (Å²) in [5, 5.41) is 0.587. The Morgan fingerprint density at radius 2 is 1.93 bits per heavy atom. The third kappa shape index (κ3) is 5.04. The molecule has 7 heteroatoms. The first-order valence-corrected chi connectivity index (χ1v) is 9.44. The molecule has 0 saturated carbocycles. The number of ether oxygens (including phenoxy) is 1. The number of benzene rings is 1. The standard InChI is InChI=1S/C20H18N2O4S/c1-2-16(14-7-4-3-5-8-14)19(24)26-18-12-25-15(11-17(18)23)13-27-20-21-9-6-10-22-20/h3-12,16H,2,13H2,1H3/t16-/m0/s1. The summed E-state index contributed by atoms with van der Waals surface area (Å²) in [5.74, 6) is -0.173. The van der Waals surface area contributed by atoms with E-state index in [-0.39, 0.29) is 5.75 Å². The second-order valence-corrected chi connectivity index (χ2v) is 6.63. The van der Waals surface area contributed by atoms with Crippen LogP contribution in [0.5, 0.6) is 5.75 Å². The Morgan fingerprint density at radius 3 is 2.59 bits per heavy atom. The van der Waals surface area contributed by atoms with Gasteiger partial charge in [-0.15, -0.1) is 0 Å². The summed E-state index contributed by atoms with van der Waals surface area (Å²) in [6, 6.07) is 12.4. The number of aromatic nitrogens is 2. The van der Waals surface area contributed by atoms with Crippen LogP contribution < -0.4 is 10.2 Å². The van der Waals surface area contributed by atoms with Gasteiger partial charge in [0.25, 0.3) is 0 Å². The minimum atomic E-state index is -0.476. The molecule has 0 fully saturated rings. The minimum absolute atomic E-state index is 0.112. The normalized spacial score (nSPS) is 11.7. The van der Waals surface area contributed by atoms with Crippen LogP contribution in [-0.2, 0) is 10.5 Å². The fourth-order valence-electron chi connectivity index (χ4n) is 2.49. The first-order chi connectivity index (χ1) is 13.2. The van der Waals surface area contributed by atoms with Crippen molar-refractivity contribution in [2.75, 3.05) is 0 Å². The molecule has 0 unspecified atom stereocenters. The third-order valence-electron chi connectivity index (χ3n) is 3.84. The van der Waals surface area contributed by atoms with E-state index in [9.17, 15) is 9.59 Å². The van der Waals surface area contributed by atoms with Crippen molar-refractivity contribution in [3.63, 3.8) is 0 Å². The largest absolute Gasteiger partial charge is 0.464 e. The van der Waals surface area contributed by atoms with Gasteiger partial charge in [0.15, 0.2) is 5.16 Å². The van der Waals surface area contributed by atoms with Crippen LogP contribution in [0, 0.1) is 0 Å². The first kappa shape index (κ1) is 18.8. The summed E-state index contributed by atoms with van der Waals surface area (Å²) in [7, 11) is 0. The average molecular weight is 382 g/mol. The smallest absolute Gasteiger partial charge is 0.319 e. The Balaban J connectivity index is 1.67. The van der Waals surface area contributed by atoms with Crippen molar-refractivity contribution in [2.24, 2.45) is 0 Å². The van der Waals surface area contributed by atoms with Gasteiger partial charge in [-0.25, -0.2) is 9.97 Å². The van der Waals surface area contributed by atoms with Crippen molar-refractivity contribution >= 4 is 17.7 Å². The molecule has 0 aliphatic rings. The van der Waals surface area contributed by atoms with Crippen LogP contribution in [0.1, 0.15) is 30.6 Å². The minimum Gasteiger partial charge on any atom is -0.464 e. The lowest BCUT2D eigenvalue weighted by Crippen LogP contribution is -2.21. The van der Waals surface area contributed by atoms with Crippen molar-refractivity contribution in [1.82, 2.24) is 9.97 Å². The van der Waals surface area contributed by atoms with Crippen molar-refractivity contribution in [3.05, 3.63) is 82.7 Å². The molecule has 1 aromatic carbocycles. The van der Waals surface area contributed by atoms with Crippen LogP contribution in [0.3, 0.4) is 0 Å². The van der Waals surface area contributed by atoms with Crippen LogP contribution >= 0.6 is 11.8 Å². The van der Waals surface area contributed by atoms with Crippen LogP contribution in [0.15, 0.2) is 75.5 Å². The molecule has 138 valence electrons. The summed E-state index contributed by atoms with van der Waals surface area (Å²) >= 11 is 1.35. The van der Waals surface area contributed by atoms with E-state index in [2.05, 4.69) is 9.97 Å². The number of hydrogen-bond donors (Lipinski definition) is 0. The molecule has 0 aliphatic heterocycles. The first-order valence-electron chi connectivity index (χ1n) is 8.45. The fraction of sp³-hybridized carbons (Fsp3) is 0.200. The molecular formula is C20H18N2O4S. The van der Waals surface area contributed by atoms with E-state index in [0.717, 1.165) is 5.56 Å². The highest BCUT2D eigenvalue weighted by atomic mass is 32.2. The number of nitrogens with zero attached hydrogens (tertiary/aromatic N) is 2. The number of rotatable bonds is 7. The third-order valence-corrected chi connectivity index (χ3v) is 4.74. The number of esters is 1. The molecule has 3 rings (SSSR count). The zero-order valence-electron chi connectivity index (χ0n) is 14.7. The zero-order chi connectivity index (χ0) is 19.1. The van der Waals surface area contributed by atoms with Crippen molar-refractivity contribution in [3.8, 4) is 5.75 Å². The summed E-state index contributed by atoms with van der Waals surface area (Å²) in [4.78, 5) is 32.9. The Hall–Kier alpha value is -2.93. The van der Waals surface area contributed by atoms with Crippen LogP contribution in [0.4, 0.5) is 0 Å². The Bertz CT molecular complexity index is 945. The molecule has 0 bridgehead atoms. The number of thioether (sulfide) groups is 1. The summed E-state index contributed by atoms with van der Waals surface area (Å²) in [6.45, 7) is 1.90. The second-order valence-electron chi connectivity index (χ2n) is 5.69. The molecule has 6 nitrogen and oxygen atoms in total. The molecule has 0 spiro atoms. The molecule has 2 heterocycles. The highest BCUT2D eigenvalue weighted by Crippen LogP contribution is 2.22. The topological polar surface area (TPSA) is 82.3 Å². The van der Waals surface area contributed by atoms with Gasteiger partial charge in [0.2, 0.25) is 11.2 Å². The zero-order valence-corrected chi connectivity index (χ0v) is 15.5. The van der Waals surface area contributed by atoms with Crippen molar-refractivity contribution in [2.45, 2.75) is 30.2 Å². The van der Waals surface area contributed by atoms with Gasteiger partial charge < -0.3 is 9.15 Å². The lowest BCUT2D eigenvalue weighted by Gasteiger charge is -2.13. The Morgan fingerprint density at radius 1 is 1.19 bits per heavy atom. The van der Waals surface area contributed by atoms with E-state index < -0.39 is 17.3 Å². The highest BCUT2D eigenvalue weighted by Gasteiger charge is 2.22. The molecule has 2 aromatic heterocycles. The second kappa shape index (κ2) is 9.14. The predicted molar refractivity (Wildman–Crippen MR) is 102 cm³/mol. The van der Waals surface area contributed by atoms with Crippen LogP contribution in [0.25, 0.3) is 0 Å². The maximum absolute atomic E-state index is 12.5. The van der Waals surface area contributed by atoms with E-state index in [0.29, 0.717) is 23.1 Å². The van der Waals surface area contributed by atoms with Gasteiger partial charge in [0, 0.05) is 18.5 Å². The molecule has 0 amide bonds. The quantitative estimate of drug-likeness (QED) is 0.349. The summed E-state index contributed by atoms with van der Waals surface area (Å²) < 4.78 is 10.7. The van der Waals surface area contributed by atoms with Gasteiger partial charge in [-0.2, -0.15) is 0 Å². The maximum Gasteiger partial charge on any atom is 0.319 e.